The summed E-state index contributed by atoms with van der Waals surface area (Å²) in [5.41, 5.74) is 2.16. The van der Waals surface area contributed by atoms with E-state index in [0.29, 0.717) is 12.5 Å². The predicted molar refractivity (Wildman–Crippen MR) is 83.5 cm³/mol. The Morgan fingerprint density at radius 2 is 1.85 bits per heavy atom. The standard InChI is InChI=1S/C17H17ClO2/c1-19-16-10-9-14(8-5-11-18)12-17(16)20-13-15-6-3-2-4-7-15/h2-10,12H,11,13H2,1H3. The fraction of sp³-hybridized carbons (Fsp3) is 0.176. The lowest BCUT2D eigenvalue weighted by Gasteiger charge is -2.11. The molecule has 0 spiro atoms. The number of benzene rings is 2. The van der Waals surface area contributed by atoms with Crippen LogP contribution in [0.1, 0.15) is 11.1 Å². The number of ether oxygens (including phenoxy) is 2. The summed E-state index contributed by atoms with van der Waals surface area (Å²) in [6.45, 7) is 0.514. The van der Waals surface area contributed by atoms with Crippen LogP contribution in [-0.4, -0.2) is 13.0 Å². The second kappa shape index (κ2) is 7.61. The summed E-state index contributed by atoms with van der Waals surface area (Å²) in [5.74, 6) is 1.95. The molecular weight excluding hydrogens is 272 g/mol. The first-order valence-corrected chi connectivity index (χ1v) is 6.94. The average Bonchev–Trinajstić information content (AvgIpc) is 2.52. The van der Waals surface area contributed by atoms with E-state index in [1.807, 2.05) is 60.7 Å². The van der Waals surface area contributed by atoms with Crippen molar-refractivity contribution in [3.8, 4) is 11.5 Å². The lowest BCUT2D eigenvalue weighted by molar-refractivity contribution is 0.284. The number of halogens is 1. The lowest BCUT2D eigenvalue weighted by Crippen LogP contribution is -1.97. The van der Waals surface area contributed by atoms with Gasteiger partial charge >= 0.3 is 0 Å². The molecule has 0 saturated carbocycles. The van der Waals surface area contributed by atoms with E-state index in [-0.39, 0.29) is 0 Å². The Kier molecular flexibility index (Phi) is 5.51. The molecule has 0 aromatic heterocycles. The zero-order valence-electron chi connectivity index (χ0n) is 11.4. The number of hydrogen-bond acceptors (Lipinski definition) is 2. The summed E-state index contributed by atoms with van der Waals surface area (Å²) >= 11 is 5.65. The van der Waals surface area contributed by atoms with E-state index in [9.17, 15) is 0 Å². The van der Waals surface area contributed by atoms with Gasteiger partial charge in [-0.1, -0.05) is 48.6 Å². The molecule has 3 heteroatoms. The summed E-state index contributed by atoms with van der Waals surface area (Å²) in [4.78, 5) is 0. The number of allylic oxidation sites excluding steroid dienone is 1. The van der Waals surface area contributed by atoms with Gasteiger partial charge in [0.2, 0.25) is 0 Å². The molecule has 0 unspecified atom stereocenters. The molecule has 20 heavy (non-hydrogen) atoms. The Balaban J connectivity index is 2.14. The normalized spacial score (nSPS) is 10.7. The van der Waals surface area contributed by atoms with Crippen LogP contribution in [0.15, 0.2) is 54.6 Å². The molecule has 0 N–H and O–H groups in total. The molecule has 0 aliphatic carbocycles. The van der Waals surface area contributed by atoms with Gasteiger partial charge in [0.1, 0.15) is 6.61 Å². The molecular formula is C17H17ClO2. The first-order valence-electron chi connectivity index (χ1n) is 6.40. The molecule has 0 atom stereocenters. The molecule has 0 heterocycles. The van der Waals surface area contributed by atoms with Crippen molar-refractivity contribution in [1.29, 1.82) is 0 Å². The fourth-order valence-electron chi connectivity index (χ4n) is 1.83. The molecule has 0 amide bonds. The van der Waals surface area contributed by atoms with Crippen molar-refractivity contribution in [2.75, 3.05) is 13.0 Å². The van der Waals surface area contributed by atoms with Crippen molar-refractivity contribution in [2.24, 2.45) is 0 Å². The molecule has 0 fully saturated rings. The zero-order valence-corrected chi connectivity index (χ0v) is 12.1. The molecule has 2 rings (SSSR count). The quantitative estimate of drug-likeness (QED) is 0.727. The van der Waals surface area contributed by atoms with Gasteiger partial charge in [-0.3, -0.25) is 0 Å². The van der Waals surface area contributed by atoms with Crippen LogP contribution in [0, 0.1) is 0 Å². The third-order valence-corrected chi connectivity index (χ3v) is 3.00. The second-order valence-corrected chi connectivity index (χ2v) is 4.55. The smallest absolute Gasteiger partial charge is 0.162 e. The first kappa shape index (κ1) is 14.5. The van der Waals surface area contributed by atoms with E-state index in [1.54, 1.807) is 7.11 Å². The maximum Gasteiger partial charge on any atom is 0.162 e. The Morgan fingerprint density at radius 1 is 1.05 bits per heavy atom. The van der Waals surface area contributed by atoms with E-state index in [0.717, 1.165) is 22.6 Å². The molecule has 0 saturated heterocycles. The Labute approximate surface area is 124 Å². The van der Waals surface area contributed by atoms with Crippen molar-refractivity contribution < 1.29 is 9.47 Å². The van der Waals surface area contributed by atoms with E-state index in [4.69, 9.17) is 21.1 Å². The van der Waals surface area contributed by atoms with Gasteiger partial charge in [0, 0.05) is 5.88 Å². The number of alkyl halides is 1. The highest BCUT2D eigenvalue weighted by Crippen LogP contribution is 2.29. The summed E-state index contributed by atoms with van der Waals surface area (Å²) in [6, 6.07) is 15.9. The molecule has 0 radical (unpaired) electrons. The summed E-state index contributed by atoms with van der Waals surface area (Å²) in [7, 11) is 1.64. The van der Waals surface area contributed by atoms with Gasteiger partial charge < -0.3 is 9.47 Å². The van der Waals surface area contributed by atoms with Crippen molar-refractivity contribution in [1.82, 2.24) is 0 Å². The highest BCUT2D eigenvalue weighted by molar-refractivity contribution is 6.19. The Hall–Kier alpha value is -1.93. The van der Waals surface area contributed by atoms with E-state index >= 15 is 0 Å². The number of hydrogen-bond donors (Lipinski definition) is 0. The van der Waals surface area contributed by atoms with E-state index in [2.05, 4.69) is 0 Å². The van der Waals surface area contributed by atoms with Gasteiger partial charge in [0.05, 0.1) is 7.11 Å². The van der Waals surface area contributed by atoms with Gasteiger partial charge in [-0.2, -0.15) is 0 Å². The summed E-state index contributed by atoms with van der Waals surface area (Å²) in [6.07, 6.45) is 3.85. The molecule has 0 bridgehead atoms. The van der Waals surface area contributed by atoms with Crippen molar-refractivity contribution in [3.63, 3.8) is 0 Å². The van der Waals surface area contributed by atoms with Crippen LogP contribution in [0.2, 0.25) is 0 Å². The van der Waals surface area contributed by atoms with Crippen molar-refractivity contribution in [3.05, 3.63) is 65.7 Å². The molecule has 2 aromatic rings. The first-order chi connectivity index (χ1) is 9.83. The number of rotatable bonds is 6. The molecule has 104 valence electrons. The minimum absolute atomic E-state index is 0.492. The van der Waals surface area contributed by atoms with Gasteiger partial charge in [0.15, 0.2) is 11.5 Å². The zero-order chi connectivity index (χ0) is 14.2. The van der Waals surface area contributed by atoms with Crippen LogP contribution < -0.4 is 9.47 Å². The summed E-state index contributed by atoms with van der Waals surface area (Å²) < 4.78 is 11.2. The summed E-state index contributed by atoms with van der Waals surface area (Å²) in [5, 5.41) is 0. The van der Waals surface area contributed by atoms with Crippen LogP contribution in [0.3, 0.4) is 0 Å². The monoisotopic (exact) mass is 288 g/mol. The molecule has 0 aliphatic heterocycles. The molecule has 2 nitrogen and oxygen atoms in total. The van der Waals surface area contributed by atoms with Crippen LogP contribution in [0.25, 0.3) is 6.08 Å². The SMILES string of the molecule is COc1ccc(C=CCCl)cc1OCc1ccccc1. The van der Waals surface area contributed by atoms with Crippen LogP contribution in [-0.2, 0) is 6.61 Å². The van der Waals surface area contributed by atoms with Gasteiger partial charge in [-0.05, 0) is 23.3 Å². The largest absolute Gasteiger partial charge is 0.493 e. The maximum atomic E-state index is 5.84. The van der Waals surface area contributed by atoms with Crippen molar-refractivity contribution in [2.45, 2.75) is 6.61 Å². The van der Waals surface area contributed by atoms with Gasteiger partial charge in [-0.15, -0.1) is 11.6 Å². The lowest BCUT2D eigenvalue weighted by atomic mass is 10.2. The highest BCUT2D eigenvalue weighted by Gasteiger charge is 2.05. The maximum absolute atomic E-state index is 5.84. The second-order valence-electron chi connectivity index (χ2n) is 4.24. The van der Waals surface area contributed by atoms with Gasteiger partial charge in [0.25, 0.3) is 0 Å². The molecule has 0 aliphatic rings. The Morgan fingerprint density at radius 3 is 2.55 bits per heavy atom. The topological polar surface area (TPSA) is 18.5 Å². The minimum Gasteiger partial charge on any atom is -0.493 e. The van der Waals surface area contributed by atoms with Gasteiger partial charge in [-0.25, -0.2) is 0 Å². The predicted octanol–water partition coefficient (Wildman–Crippen LogP) is 4.53. The third-order valence-electron chi connectivity index (χ3n) is 2.82. The fourth-order valence-corrected chi connectivity index (χ4v) is 1.91. The molecule has 2 aromatic carbocycles. The van der Waals surface area contributed by atoms with Crippen LogP contribution >= 0.6 is 11.6 Å². The average molecular weight is 289 g/mol. The minimum atomic E-state index is 0.492. The number of methoxy groups -OCH3 is 1. The highest BCUT2D eigenvalue weighted by atomic mass is 35.5. The van der Waals surface area contributed by atoms with E-state index in [1.165, 1.54) is 0 Å². The van der Waals surface area contributed by atoms with Crippen molar-refractivity contribution >= 4 is 17.7 Å². The van der Waals surface area contributed by atoms with Crippen LogP contribution in [0.5, 0.6) is 11.5 Å². The Bertz CT molecular complexity index is 564. The van der Waals surface area contributed by atoms with Crippen LogP contribution in [0.4, 0.5) is 0 Å². The van der Waals surface area contributed by atoms with E-state index < -0.39 is 0 Å². The third kappa shape index (κ3) is 4.04.